The smallest absolute Gasteiger partial charge is 0.270 e. The molecule has 0 saturated carbocycles. The molecule has 8 nitrogen and oxygen atoms in total. The number of piperazine rings is 1. The summed E-state index contributed by atoms with van der Waals surface area (Å²) in [5, 5.41) is 0.408. The average Bonchev–Trinajstić information content (AvgIpc) is 2.84. The number of para-hydroxylation sites is 1. The number of amides is 1. The number of benzene rings is 2. The largest absolute Gasteiger partial charge is 0.366 e. The Hall–Kier alpha value is -2.89. The topological polar surface area (TPSA) is 103 Å². The van der Waals surface area contributed by atoms with Crippen molar-refractivity contribution in [2.24, 2.45) is 0 Å². The van der Waals surface area contributed by atoms with Gasteiger partial charge in [-0.05, 0) is 36.8 Å². The third kappa shape index (κ3) is 5.52. The molecule has 1 amide bonds. The predicted octanol–water partition coefficient (Wildman–Crippen LogP) is 3.14. The van der Waals surface area contributed by atoms with Gasteiger partial charge < -0.3 is 14.8 Å². The molecule has 1 saturated heterocycles. The van der Waals surface area contributed by atoms with Crippen molar-refractivity contribution in [1.29, 1.82) is 0 Å². The summed E-state index contributed by atoms with van der Waals surface area (Å²) in [5.41, 5.74) is 0.395. The monoisotopic (exact) mass is 536 g/mol. The minimum atomic E-state index is -4.11. The number of aryl methyl sites for hydroxylation is 1. The number of aromatic nitrogens is 2. The van der Waals surface area contributed by atoms with Gasteiger partial charge in [-0.3, -0.25) is 9.59 Å². The Balaban J connectivity index is 1.37. The van der Waals surface area contributed by atoms with Gasteiger partial charge in [-0.15, -0.1) is 0 Å². The Kier molecular flexibility index (Phi) is 7.48. The first-order chi connectivity index (χ1) is 16.7. The zero-order chi connectivity index (χ0) is 25.2. The van der Waals surface area contributed by atoms with Crippen LogP contribution in [0, 0.1) is 12.7 Å². The van der Waals surface area contributed by atoms with Crippen LogP contribution in [-0.2, 0) is 14.6 Å². The van der Waals surface area contributed by atoms with E-state index in [0.717, 1.165) is 18.0 Å². The van der Waals surface area contributed by atoms with Crippen molar-refractivity contribution in [3.63, 3.8) is 0 Å². The van der Waals surface area contributed by atoms with Crippen molar-refractivity contribution in [2.75, 3.05) is 36.8 Å². The van der Waals surface area contributed by atoms with E-state index in [1.54, 1.807) is 36.1 Å². The van der Waals surface area contributed by atoms with E-state index in [9.17, 15) is 22.4 Å². The van der Waals surface area contributed by atoms with Crippen LogP contribution in [0.3, 0.4) is 0 Å². The zero-order valence-corrected chi connectivity index (χ0v) is 21.1. The second-order valence-electron chi connectivity index (χ2n) is 7.90. The van der Waals surface area contributed by atoms with E-state index in [0.29, 0.717) is 37.4 Å². The Bertz CT molecular complexity index is 1420. The van der Waals surface area contributed by atoms with Crippen LogP contribution in [-0.4, -0.2) is 61.1 Å². The lowest BCUT2D eigenvalue weighted by Gasteiger charge is -2.36. The molecule has 0 bridgehead atoms. The molecule has 0 radical (unpaired) electrons. The van der Waals surface area contributed by atoms with Crippen LogP contribution < -0.4 is 10.5 Å². The van der Waals surface area contributed by atoms with E-state index in [1.807, 2.05) is 4.90 Å². The lowest BCUT2D eigenvalue weighted by atomic mass is 10.2. The highest BCUT2D eigenvalue weighted by molar-refractivity contribution is 7.99. The highest BCUT2D eigenvalue weighted by Crippen LogP contribution is 2.24. The van der Waals surface area contributed by atoms with Gasteiger partial charge >= 0.3 is 0 Å². The molecule has 2 aromatic carbocycles. The molecule has 1 fully saturated rings. The summed E-state index contributed by atoms with van der Waals surface area (Å²) >= 11 is 7.04. The molecule has 0 spiro atoms. The lowest BCUT2D eigenvalue weighted by molar-refractivity contribution is -0.128. The number of H-pyrrole nitrogens is 1. The summed E-state index contributed by atoms with van der Waals surface area (Å²) in [7, 11) is -4.11. The van der Waals surface area contributed by atoms with E-state index < -0.39 is 20.3 Å². The molecule has 35 heavy (non-hydrogen) atoms. The normalized spacial score (nSPS) is 14.3. The van der Waals surface area contributed by atoms with E-state index in [1.165, 1.54) is 18.2 Å². The van der Waals surface area contributed by atoms with Gasteiger partial charge in [0.15, 0.2) is 10.1 Å². The standard InChI is InChI=1S/C23H22ClFN4O4S2/c1-15-6-7-16(12-17(15)24)35(32,33)20-13-26-23(27-22(20)31)34-14-21(30)29-10-8-28(9-11-29)19-5-3-2-4-18(19)25/h2-7,12-13H,8-11,14H2,1H3,(H,26,27,31). The maximum atomic E-state index is 14.0. The van der Waals surface area contributed by atoms with E-state index in [-0.39, 0.29) is 32.6 Å². The minimum Gasteiger partial charge on any atom is -0.366 e. The number of nitrogens with one attached hydrogen (secondary N) is 1. The number of carbonyl (C=O) groups is 1. The fourth-order valence-electron chi connectivity index (χ4n) is 3.63. The molecule has 1 N–H and O–H groups in total. The fraction of sp³-hybridized carbons (Fsp3) is 0.261. The number of hydrogen-bond acceptors (Lipinski definition) is 7. The summed E-state index contributed by atoms with van der Waals surface area (Å²) < 4.78 is 39.7. The number of sulfone groups is 1. The van der Waals surface area contributed by atoms with E-state index in [4.69, 9.17) is 11.6 Å². The Morgan fingerprint density at radius 3 is 2.54 bits per heavy atom. The van der Waals surface area contributed by atoms with Crippen LogP contribution in [0.4, 0.5) is 10.1 Å². The Labute approximate surface area is 211 Å². The number of halogens is 2. The fourth-order valence-corrected chi connectivity index (χ4v) is 5.87. The number of nitrogens with zero attached hydrogens (tertiary/aromatic N) is 3. The molecule has 4 rings (SSSR count). The Morgan fingerprint density at radius 2 is 1.89 bits per heavy atom. The number of carbonyl (C=O) groups excluding carboxylic acids is 1. The molecule has 1 aromatic heterocycles. The van der Waals surface area contributed by atoms with Crippen molar-refractivity contribution >= 4 is 44.8 Å². The molecule has 3 aromatic rings. The van der Waals surface area contributed by atoms with Gasteiger partial charge in [0, 0.05) is 31.2 Å². The van der Waals surface area contributed by atoms with E-state index in [2.05, 4.69) is 9.97 Å². The van der Waals surface area contributed by atoms with Gasteiger partial charge in [-0.25, -0.2) is 17.8 Å². The summed E-state index contributed by atoms with van der Waals surface area (Å²) in [4.78, 5) is 34.5. The first kappa shape index (κ1) is 25.2. The van der Waals surface area contributed by atoms with Crippen LogP contribution in [0.1, 0.15) is 5.56 Å². The van der Waals surface area contributed by atoms with Crippen molar-refractivity contribution in [3.8, 4) is 0 Å². The molecule has 0 atom stereocenters. The first-order valence-electron chi connectivity index (χ1n) is 10.7. The number of aromatic amines is 1. The Morgan fingerprint density at radius 1 is 1.17 bits per heavy atom. The maximum absolute atomic E-state index is 14.0. The highest BCUT2D eigenvalue weighted by Gasteiger charge is 2.25. The maximum Gasteiger partial charge on any atom is 0.270 e. The molecule has 184 valence electrons. The van der Waals surface area contributed by atoms with E-state index >= 15 is 0 Å². The van der Waals surface area contributed by atoms with Crippen molar-refractivity contribution in [2.45, 2.75) is 21.9 Å². The van der Waals surface area contributed by atoms with Crippen molar-refractivity contribution in [1.82, 2.24) is 14.9 Å². The molecule has 1 aliphatic rings. The molecular weight excluding hydrogens is 515 g/mol. The number of rotatable bonds is 6. The van der Waals surface area contributed by atoms with Gasteiger partial charge in [0.1, 0.15) is 5.82 Å². The highest BCUT2D eigenvalue weighted by atomic mass is 35.5. The van der Waals surface area contributed by atoms with Gasteiger partial charge in [0.2, 0.25) is 15.7 Å². The third-order valence-corrected chi connectivity index (χ3v) is 8.67. The summed E-state index contributed by atoms with van der Waals surface area (Å²) in [5.74, 6) is -0.437. The van der Waals surface area contributed by atoms with Gasteiger partial charge in [-0.2, -0.15) is 0 Å². The third-order valence-electron chi connectivity index (χ3n) is 5.64. The summed E-state index contributed by atoms with van der Waals surface area (Å²) in [6.07, 6.45) is 0.988. The number of thioether (sulfide) groups is 1. The zero-order valence-electron chi connectivity index (χ0n) is 18.7. The second-order valence-corrected chi connectivity index (χ2v) is 11.2. The molecule has 0 unspecified atom stereocenters. The average molecular weight is 537 g/mol. The van der Waals surface area contributed by atoms with Crippen LogP contribution in [0.15, 0.2) is 68.4 Å². The van der Waals surface area contributed by atoms with Crippen molar-refractivity contribution < 1.29 is 17.6 Å². The first-order valence-corrected chi connectivity index (χ1v) is 13.5. The number of anilines is 1. The molecule has 12 heteroatoms. The van der Waals surface area contributed by atoms with Crippen LogP contribution in [0.2, 0.25) is 5.02 Å². The second kappa shape index (κ2) is 10.4. The summed E-state index contributed by atoms with van der Waals surface area (Å²) in [6, 6.07) is 10.7. The number of hydrogen-bond donors (Lipinski definition) is 1. The summed E-state index contributed by atoms with van der Waals surface area (Å²) in [6.45, 7) is 3.62. The molecule has 2 heterocycles. The van der Waals surface area contributed by atoms with Crippen LogP contribution in [0.5, 0.6) is 0 Å². The molecule has 1 aliphatic heterocycles. The van der Waals surface area contributed by atoms with Crippen molar-refractivity contribution in [3.05, 3.63) is 75.4 Å². The lowest BCUT2D eigenvalue weighted by Crippen LogP contribution is -2.49. The quantitative estimate of drug-likeness (QED) is 0.381. The SMILES string of the molecule is Cc1ccc(S(=O)(=O)c2cnc(SCC(=O)N3CCN(c4ccccc4F)CC3)[nH]c2=O)cc1Cl. The van der Waals surface area contributed by atoms with Crippen LogP contribution in [0.25, 0.3) is 0 Å². The van der Waals surface area contributed by atoms with Crippen LogP contribution >= 0.6 is 23.4 Å². The molecular formula is C23H22ClFN4O4S2. The predicted molar refractivity (Wildman–Crippen MR) is 132 cm³/mol. The van der Waals surface area contributed by atoms with Gasteiger partial charge in [0.25, 0.3) is 5.56 Å². The van der Waals surface area contributed by atoms with Gasteiger partial charge in [-0.1, -0.05) is 41.6 Å². The van der Waals surface area contributed by atoms with Gasteiger partial charge in [0.05, 0.1) is 22.5 Å². The minimum absolute atomic E-state index is 0.0162. The molecule has 0 aliphatic carbocycles.